The van der Waals surface area contributed by atoms with E-state index in [2.05, 4.69) is 15.2 Å². The Morgan fingerprint density at radius 3 is 3.20 bits per heavy atom. The van der Waals surface area contributed by atoms with Crippen molar-refractivity contribution in [1.29, 1.82) is 0 Å². The van der Waals surface area contributed by atoms with Gasteiger partial charge in [0.1, 0.15) is 12.4 Å². The molecule has 0 aromatic carbocycles. The third-order valence-corrected chi connectivity index (χ3v) is 1.31. The maximum absolute atomic E-state index is 11.4. The van der Waals surface area contributed by atoms with Gasteiger partial charge in [-0.15, -0.1) is 0 Å². The molecule has 0 aromatic heterocycles. The molecule has 0 bridgehead atoms. The van der Waals surface area contributed by atoms with Gasteiger partial charge in [0.15, 0.2) is 0 Å². The number of aliphatic imine (C=N–C) groups is 1. The molecule has 2 aliphatic heterocycles. The molecule has 0 fully saturated rings. The fourth-order valence-electron chi connectivity index (χ4n) is 0.769. The van der Waals surface area contributed by atoms with Crippen LogP contribution in [-0.4, -0.2) is 23.0 Å². The van der Waals surface area contributed by atoms with Crippen LogP contribution in [0, 0.1) is 5.21 Å². The van der Waals surface area contributed by atoms with E-state index < -0.39 is 4.65 Å². The van der Waals surface area contributed by atoms with E-state index in [9.17, 15) is 5.21 Å². The van der Waals surface area contributed by atoms with Crippen LogP contribution in [0.4, 0.5) is 0 Å². The van der Waals surface area contributed by atoms with E-state index in [1.165, 1.54) is 25.0 Å². The highest BCUT2D eigenvalue weighted by atomic mass is 16.5. The van der Waals surface area contributed by atoms with Crippen LogP contribution in [0.2, 0.25) is 0 Å². The normalized spacial score (nSPS) is 34.3. The molecule has 0 aromatic rings. The number of quaternary nitrogens is 1. The SMILES string of the molecule is [O-][N+]12C=CN=CC1=NN=C2. The van der Waals surface area contributed by atoms with Crippen molar-refractivity contribution in [3.05, 3.63) is 17.6 Å². The van der Waals surface area contributed by atoms with Gasteiger partial charge in [-0.3, -0.25) is 4.99 Å². The lowest BCUT2D eigenvalue weighted by Crippen LogP contribution is -2.40. The lowest BCUT2D eigenvalue weighted by atomic mass is 10.5. The van der Waals surface area contributed by atoms with Crippen LogP contribution in [0.25, 0.3) is 0 Å². The second-order valence-electron chi connectivity index (χ2n) is 1.97. The molecule has 2 rings (SSSR count). The Hall–Kier alpha value is -1.33. The Morgan fingerprint density at radius 2 is 2.40 bits per heavy atom. The summed E-state index contributed by atoms with van der Waals surface area (Å²) in [6, 6.07) is 0. The fourth-order valence-corrected chi connectivity index (χ4v) is 0.769. The van der Waals surface area contributed by atoms with Gasteiger partial charge >= 0.3 is 0 Å². The molecule has 0 N–H and O–H groups in total. The number of amidine groups is 1. The predicted molar refractivity (Wildman–Crippen MR) is 37.2 cm³/mol. The number of fused-ring (bicyclic) bond motifs is 1. The first-order chi connectivity index (χ1) is 4.81. The van der Waals surface area contributed by atoms with E-state index in [0.29, 0.717) is 5.84 Å². The average molecular weight is 136 g/mol. The summed E-state index contributed by atoms with van der Waals surface area (Å²) < 4.78 is -0.705. The van der Waals surface area contributed by atoms with Gasteiger partial charge in [-0.25, -0.2) is 4.65 Å². The summed E-state index contributed by atoms with van der Waals surface area (Å²) in [5.41, 5.74) is 0. The Labute approximate surface area is 56.9 Å². The smallest absolute Gasteiger partial charge is 0.276 e. The zero-order valence-corrected chi connectivity index (χ0v) is 5.01. The fraction of sp³-hybridized carbons (Fsp3) is 0. The molecule has 1 atom stereocenters. The maximum Gasteiger partial charge on any atom is 0.276 e. The molecular weight excluding hydrogens is 132 g/mol. The van der Waals surface area contributed by atoms with Crippen molar-refractivity contribution in [1.82, 2.24) is 0 Å². The Balaban J connectivity index is 2.51. The van der Waals surface area contributed by atoms with Gasteiger partial charge in [0, 0.05) is 0 Å². The molecule has 0 amide bonds. The minimum atomic E-state index is -0.705. The van der Waals surface area contributed by atoms with Crippen molar-refractivity contribution >= 4 is 18.4 Å². The van der Waals surface area contributed by atoms with E-state index in [-0.39, 0.29) is 0 Å². The zero-order valence-electron chi connectivity index (χ0n) is 5.01. The van der Waals surface area contributed by atoms with Crippen molar-refractivity contribution in [2.24, 2.45) is 15.2 Å². The van der Waals surface area contributed by atoms with Gasteiger partial charge in [0.05, 0.1) is 6.20 Å². The summed E-state index contributed by atoms with van der Waals surface area (Å²) in [7, 11) is 0. The molecule has 0 saturated heterocycles. The number of nitrogens with zero attached hydrogens (tertiary/aromatic N) is 4. The number of hydroxylamine groups is 3. The molecule has 5 nitrogen and oxygen atoms in total. The van der Waals surface area contributed by atoms with Gasteiger partial charge < -0.3 is 5.21 Å². The molecule has 0 spiro atoms. The predicted octanol–water partition coefficient (Wildman–Crippen LogP) is 0.212. The molecule has 2 heterocycles. The van der Waals surface area contributed by atoms with E-state index >= 15 is 0 Å². The second kappa shape index (κ2) is 1.59. The molecule has 1 unspecified atom stereocenters. The van der Waals surface area contributed by atoms with E-state index in [1.54, 1.807) is 0 Å². The quantitative estimate of drug-likeness (QED) is 0.347. The number of hydrogen-bond donors (Lipinski definition) is 0. The summed E-state index contributed by atoms with van der Waals surface area (Å²) in [5, 5.41) is 18.4. The lowest BCUT2D eigenvalue weighted by Gasteiger charge is -2.28. The van der Waals surface area contributed by atoms with Gasteiger partial charge in [-0.05, 0) is 0 Å². The molecular formula is C5H4N4O. The Kier molecular flexibility index (Phi) is 0.865. The highest BCUT2D eigenvalue weighted by Gasteiger charge is 2.25. The first kappa shape index (κ1) is 5.45. The highest BCUT2D eigenvalue weighted by Crippen LogP contribution is 2.12. The van der Waals surface area contributed by atoms with Crippen LogP contribution < -0.4 is 0 Å². The summed E-state index contributed by atoms with van der Waals surface area (Å²) >= 11 is 0. The van der Waals surface area contributed by atoms with Gasteiger partial charge in [-0.2, -0.15) is 0 Å². The van der Waals surface area contributed by atoms with Crippen molar-refractivity contribution < 1.29 is 4.65 Å². The number of rotatable bonds is 0. The molecule has 5 heteroatoms. The summed E-state index contributed by atoms with van der Waals surface area (Å²) in [6.45, 7) is 0. The first-order valence-corrected chi connectivity index (χ1v) is 2.74. The largest absolute Gasteiger partial charge is 0.615 e. The molecule has 0 radical (unpaired) electrons. The Bertz CT molecular complexity index is 277. The van der Waals surface area contributed by atoms with Crippen molar-refractivity contribution in [3.63, 3.8) is 0 Å². The molecule has 0 saturated carbocycles. The molecule has 0 aliphatic carbocycles. The minimum absolute atomic E-state index is 0.308. The van der Waals surface area contributed by atoms with Crippen LogP contribution in [-0.2, 0) is 0 Å². The van der Waals surface area contributed by atoms with Crippen LogP contribution in [0.1, 0.15) is 0 Å². The minimum Gasteiger partial charge on any atom is -0.615 e. The molecule has 50 valence electrons. The molecule has 10 heavy (non-hydrogen) atoms. The van der Waals surface area contributed by atoms with Crippen molar-refractivity contribution in [2.45, 2.75) is 0 Å². The maximum atomic E-state index is 11.4. The van der Waals surface area contributed by atoms with Gasteiger partial charge in [-0.1, -0.05) is 10.2 Å². The average Bonchev–Trinajstić information content (AvgIpc) is 2.29. The topological polar surface area (TPSA) is 60.1 Å². The summed E-state index contributed by atoms with van der Waals surface area (Å²) in [6.07, 6.45) is 5.41. The van der Waals surface area contributed by atoms with Crippen molar-refractivity contribution in [3.8, 4) is 0 Å². The molecule has 2 aliphatic rings. The highest BCUT2D eigenvalue weighted by molar-refractivity contribution is 6.28. The monoisotopic (exact) mass is 136 g/mol. The zero-order chi connectivity index (χ0) is 7.03. The van der Waals surface area contributed by atoms with E-state index in [4.69, 9.17) is 0 Å². The summed E-state index contributed by atoms with van der Waals surface area (Å²) in [4.78, 5) is 3.73. The first-order valence-electron chi connectivity index (χ1n) is 2.74. The second-order valence-corrected chi connectivity index (χ2v) is 1.97. The Morgan fingerprint density at radius 1 is 1.50 bits per heavy atom. The van der Waals surface area contributed by atoms with Crippen LogP contribution in [0.3, 0.4) is 0 Å². The van der Waals surface area contributed by atoms with Crippen LogP contribution in [0.15, 0.2) is 27.6 Å². The van der Waals surface area contributed by atoms with Gasteiger partial charge in [0.25, 0.3) is 5.84 Å². The standard InChI is InChI=1S/C5H4N4O/c10-9-2-1-6-3-5(9)8-7-4-9/h1-4H. The van der Waals surface area contributed by atoms with E-state index in [1.807, 2.05) is 0 Å². The van der Waals surface area contributed by atoms with Gasteiger partial charge in [0.2, 0.25) is 6.34 Å². The van der Waals surface area contributed by atoms with Crippen LogP contribution >= 0.6 is 0 Å². The summed E-state index contributed by atoms with van der Waals surface area (Å²) in [5.74, 6) is 0.308. The van der Waals surface area contributed by atoms with E-state index in [0.717, 1.165) is 0 Å². The van der Waals surface area contributed by atoms with Crippen LogP contribution in [0.5, 0.6) is 0 Å². The third-order valence-electron chi connectivity index (χ3n) is 1.31. The lowest BCUT2D eigenvalue weighted by molar-refractivity contribution is -0.612. The van der Waals surface area contributed by atoms with Crippen molar-refractivity contribution in [2.75, 3.05) is 0 Å². The third kappa shape index (κ3) is 0.554. The number of hydrogen-bond acceptors (Lipinski definition) is 4.